The molecule has 1 rings (SSSR count). The Balaban J connectivity index is 2.71. The molecule has 0 fully saturated rings. The third kappa shape index (κ3) is 5.09. The number of carbonyl (C=O) groups is 2. The first-order valence-corrected chi connectivity index (χ1v) is 6.18. The lowest BCUT2D eigenvalue weighted by atomic mass is 10.1. The average molecular weight is 263 g/mol. The monoisotopic (exact) mass is 263 g/mol. The summed E-state index contributed by atoms with van der Waals surface area (Å²) in [4.78, 5) is 23.3. The van der Waals surface area contributed by atoms with Crippen molar-refractivity contribution in [3.63, 3.8) is 0 Å². The lowest BCUT2D eigenvalue weighted by Gasteiger charge is -2.20. The first-order valence-electron chi connectivity index (χ1n) is 6.18. The topological polar surface area (TPSA) is 84.2 Å². The van der Waals surface area contributed by atoms with Crippen LogP contribution in [0.15, 0.2) is 24.3 Å². The predicted molar refractivity (Wildman–Crippen MR) is 75.9 cm³/mol. The zero-order valence-corrected chi connectivity index (χ0v) is 11.8. The molecular weight excluding hydrogens is 242 g/mol. The van der Waals surface area contributed by atoms with E-state index in [9.17, 15) is 9.59 Å². The molecule has 1 unspecified atom stereocenters. The van der Waals surface area contributed by atoms with Crippen LogP contribution in [-0.2, 0) is 4.79 Å². The van der Waals surface area contributed by atoms with Gasteiger partial charge in [-0.15, -0.1) is 0 Å². The van der Waals surface area contributed by atoms with Gasteiger partial charge in [-0.1, -0.05) is 0 Å². The Bertz CT molecular complexity index is 459. The highest BCUT2D eigenvalue weighted by molar-refractivity contribution is 5.97. The highest BCUT2D eigenvalue weighted by atomic mass is 16.2. The number of anilines is 1. The van der Waals surface area contributed by atoms with Crippen molar-refractivity contribution < 1.29 is 9.59 Å². The van der Waals surface area contributed by atoms with Gasteiger partial charge in [0.2, 0.25) is 5.91 Å². The van der Waals surface area contributed by atoms with Gasteiger partial charge in [-0.3, -0.25) is 9.59 Å². The Kier molecular flexibility index (Phi) is 4.67. The number of nitrogens with two attached hydrogens (primary N) is 1. The smallest absolute Gasteiger partial charge is 0.251 e. The molecule has 104 valence electrons. The summed E-state index contributed by atoms with van der Waals surface area (Å²) in [7, 11) is 0. The summed E-state index contributed by atoms with van der Waals surface area (Å²) in [6.07, 6.45) is 0. The number of nitrogens with one attached hydrogen (secondary N) is 2. The molecule has 0 heterocycles. The van der Waals surface area contributed by atoms with Gasteiger partial charge in [0, 0.05) is 16.8 Å². The predicted octanol–water partition coefficient (Wildman–Crippen LogP) is 1.50. The minimum absolute atomic E-state index is 0.141. The second-order valence-electron chi connectivity index (χ2n) is 5.56. The van der Waals surface area contributed by atoms with Crippen molar-refractivity contribution in [3.05, 3.63) is 29.8 Å². The molecule has 19 heavy (non-hydrogen) atoms. The molecule has 5 heteroatoms. The van der Waals surface area contributed by atoms with Crippen LogP contribution in [0, 0.1) is 0 Å². The summed E-state index contributed by atoms with van der Waals surface area (Å²) in [6.45, 7) is 7.37. The molecule has 0 bridgehead atoms. The number of carbonyl (C=O) groups excluding carboxylic acids is 2. The molecule has 0 saturated carbocycles. The van der Waals surface area contributed by atoms with Gasteiger partial charge >= 0.3 is 0 Å². The van der Waals surface area contributed by atoms with Crippen LogP contribution < -0.4 is 16.4 Å². The van der Waals surface area contributed by atoms with E-state index < -0.39 is 6.04 Å². The van der Waals surface area contributed by atoms with Gasteiger partial charge in [-0.05, 0) is 52.0 Å². The van der Waals surface area contributed by atoms with E-state index in [1.165, 1.54) is 0 Å². The molecule has 0 radical (unpaired) electrons. The fourth-order valence-electron chi connectivity index (χ4n) is 1.37. The standard InChI is InChI=1S/C14H21N3O2/c1-9(15)12(18)16-11-7-5-10(6-8-11)13(19)17-14(2,3)4/h5-9H,15H2,1-4H3,(H,16,18)(H,17,19). The highest BCUT2D eigenvalue weighted by Gasteiger charge is 2.15. The Labute approximate surface area is 113 Å². The van der Waals surface area contributed by atoms with E-state index in [-0.39, 0.29) is 17.4 Å². The third-order valence-electron chi connectivity index (χ3n) is 2.32. The minimum atomic E-state index is -0.566. The molecular formula is C14H21N3O2. The second-order valence-corrected chi connectivity index (χ2v) is 5.56. The molecule has 2 amide bonds. The van der Waals surface area contributed by atoms with Crippen LogP contribution in [0.5, 0.6) is 0 Å². The molecule has 0 aliphatic heterocycles. The van der Waals surface area contributed by atoms with Crippen molar-refractivity contribution in [1.82, 2.24) is 5.32 Å². The molecule has 1 aromatic rings. The summed E-state index contributed by atoms with van der Waals surface area (Å²) in [6, 6.07) is 6.12. The SMILES string of the molecule is CC(N)C(=O)Nc1ccc(C(=O)NC(C)(C)C)cc1. The van der Waals surface area contributed by atoms with Crippen LogP contribution in [0.4, 0.5) is 5.69 Å². The van der Waals surface area contributed by atoms with Crippen molar-refractivity contribution in [1.29, 1.82) is 0 Å². The molecule has 0 saturated heterocycles. The van der Waals surface area contributed by atoms with Crippen molar-refractivity contribution in [2.45, 2.75) is 39.3 Å². The maximum absolute atomic E-state index is 11.9. The van der Waals surface area contributed by atoms with Gasteiger partial charge in [-0.25, -0.2) is 0 Å². The van der Waals surface area contributed by atoms with Crippen molar-refractivity contribution in [2.75, 3.05) is 5.32 Å². The van der Waals surface area contributed by atoms with Gasteiger partial charge in [0.15, 0.2) is 0 Å². The van der Waals surface area contributed by atoms with Crippen LogP contribution in [0.3, 0.4) is 0 Å². The van der Waals surface area contributed by atoms with Crippen LogP contribution >= 0.6 is 0 Å². The first-order chi connectivity index (χ1) is 8.69. The molecule has 0 spiro atoms. The van der Waals surface area contributed by atoms with Crippen molar-refractivity contribution in [3.8, 4) is 0 Å². The van der Waals surface area contributed by atoms with Gasteiger partial charge in [0.25, 0.3) is 5.91 Å². The lowest BCUT2D eigenvalue weighted by Crippen LogP contribution is -2.40. The molecule has 1 atom stereocenters. The molecule has 0 aliphatic rings. The van der Waals surface area contributed by atoms with Gasteiger partial charge < -0.3 is 16.4 Å². The first kappa shape index (κ1) is 15.2. The number of benzene rings is 1. The lowest BCUT2D eigenvalue weighted by molar-refractivity contribution is -0.117. The largest absolute Gasteiger partial charge is 0.347 e. The van der Waals surface area contributed by atoms with Gasteiger partial charge in [0.05, 0.1) is 6.04 Å². The van der Waals surface area contributed by atoms with Crippen LogP contribution in [-0.4, -0.2) is 23.4 Å². The van der Waals surface area contributed by atoms with E-state index in [2.05, 4.69) is 10.6 Å². The van der Waals surface area contributed by atoms with Crippen LogP contribution in [0.25, 0.3) is 0 Å². The summed E-state index contributed by atoms with van der Waals surface area (Å²) < 4.78 is 0. The van der Waals surface area contributed by atoms with Crippen molar-refractivity contribution >= 4 is 17.5 Å². The van der Waals surface area contributed by atoms with E-state index >= 15 is 0 Å². The van der Waals surface area contributed by atoms with Crippen LogP contribution in [0.1, 0.15) is 38.1 Å². The molecule has 0 aromatic heterocycles. The Hall–Kier alpha value is -1.88. The van der Waals surface area contributed by atoms with E-state index in [0.29, 0.717) is 11.3 Å². The summed E-state index contributed by atoms with van der Waals surface area (Å²) in [5, 5.41) is 5.53. The number of rotatable bonds is 3. The zero-order valence-electron chi connectivity index (χ0n) is 11.8. The zero-order chi connectivity index (χ0) is 14.6. The fourth-order valence-corrected chi connectivity index (χ4v) is 1.37. The molecule has 1 aromatic carbocycles. The number of amides is 2. The van der Waals surface area contributed by atoms with E-state index in [4.69, 9.17) is 5.73 Å². The maximum Gasteiger partial charge on any atom is 0.251 e. The van der Waals surface area contributed by atoms with Crippen LogP contribution in [0.2, 0.25) is 0 Å². The molecule has 0 aliphatic carbocycles. The van der Waals surface area contributed by atoms with E-state index in [0.717, 1.165) is 0 Å². The molecule has 4 N–H and O–H groups in total. The Morgan fingerprint density at radius 1 is 1.16 bits per heavy atom. The van der Waals surface area contributed by atoms with E-state index in [1.54, 1.807) is 31.2 Å². The summed E-state index contributed by atoms with van der Waals surface area (Å²) in [5.41, 5.74) is 6.35. The minimum Gasteiger partial charge on any atom is -0.347 e. The second kappa shape index (κ2) is 5.84. The quantitative estimate of drug-likeness (QED) is 0.772. The third-order valence-corrected chi connectivity index (χ3v) is 2.32. The molecule has 5 nitrogen and oxygen atoms in total. The highest BCUT2D eigenvalue weighted by Crippen LogP contribution is 2.11. The van der Waals surface area contributed by atoms with Gasteiger partial charge in [-0.2, -0.15) is 0 Å². The van der Waals surface area contributed by atoms with Crippen molar-refractivity contribution in [2.24, 2.45) is 5.73 Å². The van der Waals surface area contributed by atoms with E-state index in [1.807, 2.05) is 20.8 Å². The Morgan fingerprint density at radius 3 is 2.11 bits per heavy atom. The summed E-state index contributed by atoms with van der Waals surface area (Å²) >= 11 is 0. The van der Waals surface area contributed by atoms with Gasteiger partial charge in [0.1, 0.15) is 0 Å². The number of hydrogen-bond acceptors (Lipinski definition) is 3. The number of hydrogen-bond donors (Lipinski definition) is 3. The fraction of sp³-hybridized carbons (Fsp3) is 0.429. The normalized spacial score (nSPS) is 12.7. The summed E-state index contributed by atoms with van der Waals surface area (Å²) in [5.74, 6) is -0.399. The average Bonchev–Trinajstić information content (AvgIpc) is 2.27. The maximum atomic E-state index is 11.9. The Morgan fingerprint density at radius 2 is 1.68 bits per heavy atom.